The Bertz CT molecular complexity index is 1340. The lowest BCUT2D eigenvalue weighted by molar-refractivity contribution is -0.141. The van der Waals surface area contributed by atoms with Gasteiger partial charge < -0.3 is 24.9 Å². The van der Waals surface area contributed by atoms with Gasteiger partial charge in [-0.25, -0.2) is 19.9 Å². The van der Waals surface area contributed by atoms with Gasteiger partial charge in [-0.15, -0.1) is 0 Å². The average molecular weight is 449 g/mol. The number of likely N-dealkylation sites (tertiary alicyclic amines) is 1. The summed E-state index contributed by atoms with van der Waals surface area (Å²) >= 11 is 0. The van der Waals surface area contributed by atoms with E-state index in [2.05, 4.69) is 28.8 Å². The first-order valence-electron chi connectivity index (χ1n) is 11.1. The van der Waals surface area contributed by atoms with Crippen molar-refractivity contribution in [1.82, 2.24) is 34.0 Å². The number of carbonyl (C=O) groups excluding carboxylic acids is 1. The molecule has 172 valence electrons. The Labute approximate surface area is 191 Å². The molecule has 5 rings (SSSR count). The molecule has 0 bridgehead atoms. The lowest BCUT2D eigenvalue weighted by atomic mass is 9.88. The van der Waals surface area contributed by atoms with Gasteiger partial charge in [-0.1, -0.05) is 26.0 Å². The van der Waals surface area contributed by atoms with Crippen molar-refractivity contribution in [2.75, 3.05) is 18.8 Å². The maximum atomic E-state index is 13.3. The molecule has 4 heterocycles. The topological polar surface area (TPSA) is 128 Å². The normalized spacial score (nSPS) is 21.4. The van der Waals surface area contributed by atoms with E-state index < -0.39 is 5.60 Å². The summed E-state index contributed by atoms with van der Waals surface area (Å²) in [5.74, 6) is 1.33. The molecule has 2 atom stereocenters. The van der Waals surface area contributed by atoms with Gasteiger partial charge in [0.05, 0.1) is 29.9 Å². The van der Waals surface area contributed by atoms with Gasteiger partial charge in [0.25, 0.3) is 0 Å². The first-order chi connectivity index (χ1) is 15.8. The van der Waals surface area contributed by atoms with Crippen LogP contribution in [0.1, 0.15) is 45.0 Å². The second kappa shape index (κ2) is 7.80. The number of carbonyl (C=O) groups is 1. The number of β-amino-alcohol motifs (C(OH)–C–C–N with tert-alkyl or cyclic N) is 1. The zero-order valence-corrected chi connectivity index (χ0v) is 19.0. The number of para-hydroxylation sites is 2. The molecule has 0 unspecified atom stereocenters. The lowest BCUT2D eigenvalue weighted by Crippen LogP contribution is -2.54. The predicted octanol–water partition coefficient (Wildman–Crippen LogP) is 2.11. The Morgan fingerprint density at radius 2 is 2.06 bits per heavy atom. The predicted molar refractivity (Wildman–Crippen MR) is 124 cm³/mol. The smallest absolute Gasteiger partial charge is 0.242 e. The molecule has 33 heavy (non-hydrogen) atoms. The second-order valence-electron chi connectivity index (χ2n) is 9.26. The number of nitrogens with zero attached hydrogens (tertiary/aromatic N) is 7. The van der Waals surface area contributed by atoms with E-state index >= 15 is 0 Å². The number of piperidine rings is 1. The SMILES string of the molecule is CC(C)c1nc2ccccc2n1CC(=O)N1CC[C@H](n2cnc3c(N)ncnc32)[C@@](C)(O)C1. The van der Waals surface area contributed by atoms with E-state index in [1.54, 1.807) is 18.2 Å². The Kier molecular flexibility index (Phi) is 5.04. The molecule has 4 aromatic rings. The van der Waals surface area contributed by atoms with Crippen LogP contribution in [0.25, 0.3) is 22.2 Å². The monoisotopic (exact) mass is 448 g/mol. The molecule has 1 aliphatic heterocycles. The van der Waals surface area contributed by atoms with E-state index in [0.29, 0.717) is 29.9 Å². The van der Waals surface area contributed by atoms with Gasteiger partial charge >= 0.3 is 0 Å². The summed E-state index contributed by atoms with van der Waals surface area (Å²) in [6.45, 7) is 6.81. The summed E-state index contributed by atoms with van der Waals surface area (Å²) in [7, 11) is 0. The molecule has 10 heteroatoms. The van der Waals surface area contributed by atoms with E-state index in [1.807, 2.05) is 33.4 Å². The first kappa shape index (κ1) is 21.3. The van der Waals surface area contributed by atoms with Gasteiger partial charge in [-0.2, -0.15) is 0 Å². The summed E-state index contributed by atoms with van der Waals surface area (Å²) in [4.78, 5) is 32.4. The summed E-state index contributed by atoms with van der Waals surface area (Å²) in [5.41, 5.74) is 7.67. The maximum absolute atomic E-state index is 13.3. The highest BCUT2D eigenvalue weighted by atomic mass is 16.3. The number of anilines is 1. The molecule has 1 fully saturated rings. The number of imidazole rings is 2. The molecular weight excluding hydrogens is 420 g/mol. The van der Waals surface area contributed by atoms with E-state index in [-0.39, 0.29) is 31.0 Å². The number of fused-ring (bicyclic) bond motifs is 2. The van der Waals surface area contributed by atoms with Crippen molar-refractivity contribution in [2.24, 2.45) is 0 Å². The highest BCUT2D eigenvalue weighted by Crippen LogP contribution is 2.34. The number of nitrogens with two attached hydrogens (primary N) is 1. The summed E-state index contributed by atoms with van der Waals surface area (Å²) < 4.78 is 3.83. The molecular formula is C23H28N8O2. The van der Waals surface area contributed by atoms with Gasteiger partial charge in [0.2, 0.25) is 5.91 Å². The van der Waals surface area contributed by atoms with E-state index in [1.165, 1.54) is 6.33 Å². The minimum atomic E-state index is -1.17. The minimum absolute atomic E-state index is 0.0409. The van der Waals surface area contributed by atoms with Crippen molar-refractivity contribution in [1.29, 1.82) is 0 Å². The van der Waals surface area contributed by atoms with Gasteiger partial charge in [0.1, 0.15) is 29.8 Å². The Morgan fingerprint density at radius 1 is 1.27 bits per heavy atom. The van der Waals surface area contributed by atoms with Crippen LogP contribution in [0.3, 0.4) is 0 Å². The number of hydrogen-bond donors (Lipinski definition) is 2. The maximum Gasteiger partial charge on any atom is 0.242 e. The first-order valence-corrected chi connectivity index (χ1v) is 11.1. The molecule has 0 saturated carbocycles. The molecule has 10 nitrogen and oxygen atoms in total. The van der Waals surface area contributed by atoms with Crippen molar-refractivity contribution in [3.63, 3.8) is 0 Å². The van der Waals surface area contributed by atoms with Crippen molar-refractivity contribution < 1.29 is 9.90 Å². The number of amides is 1. The molecule has 3 aromatic heterocycles. The van der Waals surface area contributed by atoms with Crippen molar-refractivity contribution in [3.05, 3.63) is 42.7 Å². The van der Waals surface area contributed by atoms with Crippen molar-refractivity contribution in [3.8, 4) is 0 Å². The van der Waals surface area contributed by atoms with E-state index in [0.717, 1.165) is 16.9 Å². The van der Waals surface area contributed by atoms with E-state index in [9.17, 15) is 9.90 Å². The molecule has 3 N–H and O–H groups in total. The van der Waals surface area contributed by atoms with Crippen LogP contribution in [-0.2, 0) is 11.3 Å². The number of aromatic nitrogens is 6. The van der Waals surface area contributed by atoms with Gasteiger partial charge in [-0.05, 0) is 25.5 Å². The van der Waals surface area contributed by atoms with Crippen LogP contribution in [-0.4, -0.2) is 63.7 Å². The fraction of sp³-hybridized carbons (Fsp3) is 0.435. The second-order valence-corrected chi connectivity index (χ2v) is 9.26. The zero-order chi connectivity index (χ0) is 23.3. The number of hydrogen-bond acceptors (Lipinski definition) is 7. The van der Waals surface area contributed by atoms with Crippen molar-refractivity contribution in [2.45, 2.75) is 51.3 Å². The van der Waals surface area contributed by atoms with Crippen LogP contribution in [0, 0.1) is 0 Å². The van der Waals surface area contributed by atoms with Crippen LogP contribution < -0.4 is 5.73 Å². The highest BCUT2D eigenvalue weighted by molar-refractivity contribution is 5.82. The third kappa shape index (κ3) is 3.60. The molecule has 1 aromatic carbocycles. The summed E-state index contributed by atoms with van der Waals surface area (Å²) in [6.07, 6.45) is 3.60. The Hall–Kier alpha value is -3.53. The average Bonchev–Trinajstić information content (AvgIpc) is 3.36. The number of aliphatic hydroxyl groups is 1. The Balaban J connectivity index is 1.39. The van der Waals surface area contributed by atoms with Crippen LogP contribution >= 0.6 is 0 Å². The summed E-state index contributed by atoms with van der Waals surface area (Å²) in [5, 5.41) is 11.4. The molecule has 0 spiro atoms. The molecule has 1 saturated heterocycles. The molecule has 1 amide bonds. The van der Waals surface area contributed by atoms with Gasteiger partial charge in [0, 0.05) is 12.5 Å². The lowest BCUT2D eigenvalue weighted by Gasteiger charge is -2.43. The number of benzene rings is 1. The fourth-order valence-corrected chi connectivity index (χ4v) is 4.85. The molecule has 0 radical (unpaired) electrons. The standard InChI is InChI=1S/C23H28N8O2/c1-14(2)21-28-15-6-4-5-7-16(15)30(21)10-18(32)29-9-8-17(23(3,33)11-29)31-13-27-19-20(24)25-12-26-22(19)31/h4-7,12-14,17,33H,8-11H2,1-3H3,(H2,24,25,26)/t17-,23-/m0/s1. The van der Waals surface area contributed by atoms with Gasteiger partial charge in [0.15, 0.2) is 11.5 Å². The highest BCUT2D eigenvalue weighted by Gasteiger charge is 2.41. The largest absolute Gasteiger partial charge is 0.386 e. The summed E-state index contributed by atoms with van der Waals surface area (Å²) in [6, 6.07) is 7.57. The molecule has 1 aliphatic rings. The number of rotatable bonds is 4. The third-order valence-corrected chi connectivity index (χ3v) is 6.47. The third-order valence-electron chi connectivity index (χ3n) is 6.47. The quantitative estimate of drug-likeness (QED) is 0.489. The van der Waals surface area contributed by atoms with E-state index in [4.69, 9.17) is 10.7 Å². The Morgan fingerprint density at radius 3 is 2.82 bits per heavy atom. The van der Waals surface area contributed by atoms with Crippen LogP contribution in [0.5, 0.6) is 0 Å². The van der Waals surface area contributed by atoms with Crippen molar-refractivity contribution >= 4 is 33.9 Å². The fourth-order valence-electron chi connectivity index (χ4n) is 4.85. The number of nitrogen functional groups attached to an aromatic ring is 1. The van der Waals surface area contributed by atoms with Crippen LogP contribution in [0.4, 0.5) is 5.82 Å². The van der Waals surface area contributed by atoms with Crippen LogP contribution in [0.15, 0.2) is 36.9 Å². The van der Waals surface area contributed by atoms with Crippen LogP contribution in [0.2, 0.25) is 0 Å². The zero-order valence-electron chi connectivity index (χ0n) is 19.0. The molecule has 0 aliphatic carbocycles. The minimum Gasteiger partial charge on any atom is -0.386 e. The van der Waals surface area contributed by atoms with Gasteiger partial charge in [-0.3, -0.25) is 4.79 Å².